The number of benzene rings is 1. The monoisotopic (exact) mass is 607 g/mol. The Hall–Kier alpha value is -2.58. The molecule has 2 bridgehead atoms. The predicted octanol–water partition coefficient (Wildman–Crippen LogP) is 5.44. The lowest BCUT2D eigenvalue weighted by Crippen LogP contribution is -2.60. The zero-order valence-corrected chi connectivity index (χ0v) is 26.9. The number of nitrogens with zero attached hydrogens (tertiary/aromatic N) is 3. The summed E-state index contributed by atoms with van der Waals surface area (Å²) in [6.45, 7) is 14.6. The molecule has 8 heteroatoms. The molecule has 1 N–H and O–H groups in total. The quantitative estimate of drug-likeness (QED) is 0.320. The van der Waals surface area contributed by atoms with E-state index in [9.17, 15) is 19.5 Å². The number of amides is 3. The number of hydrogen-bond donors (Lipinski definition) is 1. The number of carbonyl (C=O) groups is 3. The molecule has 7 nitrogen and oxygen atoms in total. The lowest BCUT2D eigenvalue weighted by atomic mass is 9.66. The first-order valence-electron chi connectivity index (χ1n) is 16.2. The fourth-order valence-electron chi connectivity index (χ4n) is 8.53. The summed E-state index contributed by atoms with van der Waals surface area (Å²) in [4.78, 5) is 49.9. The highest BCUT2D eigenvalue weighted by Crippen LogP contribution is 2.72. The molecular formula is C35H49N3O4S. The molecule has 1 aromatic rings. The van der Waals surface area contributed by atoms with Crippen molar-refractivity contribution in [2.24, 2.45) is 17.8 Å². The topological polar surface area (TPSA) is 81.2 Å². The molecule has 3 amide bonds. The Balaban J connectivity index is 1.61. The van der Waals surface area contributed by atoms with Crippen molar-refractivity contribution in [2.75, 3.05) is 24.6 Å². The molecule has 234 valence electrons. The van der Waals surface area contributed by atoms with Crippen LogP contribution in [0, 0.1) is 17.8 Å². The average Bonchev–Trinajstić information content (AvgIpc) is 3.60. The summed E-state index contributed by atoms with van der Waals surface area (Å²) in [7, 11) is 0. The van der Waals surface area contributed by atoms with Crippen LogP contribution in [-0.2, 0) is 14.4 Å². The molecule has 3 heterocycles. The van der Waals surface area contributed by atoms with Crippen molar-refractivity contribution in [3.05, 3.63) is 55.6 Å². The van der Waals surface area contributed by atoms with Crippen molar-refractivity contribution in [3.8, 4) is 0 Å². The van der Waals surface area contributed by atoms with Gasteiger partial charge in [-0.25, -0.2) is 0 Å². The van der Waals surface area contributed by atoms with Crippen molar-refractivity contribution >= 4 is 35.2 Å². The SMILES string of the molecule is C=CCN(C(=O)[C@H]1[C@H]2C(=O)N([C@@H](CO)[C@@H](C)CC)C(C(=O)N(CC=C)C3CCCCC3)C23CC[C@]1(C)S3)c1ccccc1. The van der Waals surface area contributed by atoms with Gasteiger partial charge in [-0.1, -0.05) is 69.9 Å². The van der Waals surface area contributed by atoms with Gasteiger partial charge in [-0.05, 0) is 50.7 Å². The molecule has 1 aliphatic carbocycles. The predicted molar refractivity (Wildman–Crippen MR) is 174 cm³/mol. The number of likely N-dealkylation sites (tertiary alicyclic amines) is 1. The fraction of sp³-hybridized carbons (Fsp3) is 0.629. The summed E-state index contributed by atoms with van der Waals surface area (Å²) in [6, 6.07) is 8.45. The summed E-state index contributed by atoms with van der Waals surface area (Å²) in [6.07, 6.45) is 11.0. The Morgan fingerprint density at radius 1 is 1.09 bits per heavy atom. The van der Waals surface area contributed by atoms with Gasteiger partial charge in [-0.3, -0.25) is 14.4 Å². The molecule has 0 aromatic heterocycles. The van der Waals surface area contributed by atoms with E-state index in [1.54, 1.807) is 33.7 Å². The third kappa shape index (κ3) is 5.26. The maximum Gasteiger partial charge on any atom is 0.247 e. The highest BCUT2D eigenvalue weighted by Gasteiger charge is 2.78. The summed E-state index contributed by atoms with van der Waals surface area (Å²) >= 11 is 1.70. The van der Waals surface area contributed by atoms with Crippen molar-refractivity contribution < 1.29 is 19.5 Å². The van der Waals surface area contributed by atoms with Gasteiger partial charge >= 0.3 is 0 Å². The molecule has 4 fully saturated rings. The number of hydrogen-bond acceptors (Lipinski definition) is 5. The normalized spacial score (nSPS) is 31.4. The minimum atomic E-state index is -0.729. The van der Waals surface area contributed by atoms with Gasteiger partial charge in [0.05, 0.1) is 29.2 Å². The van der Waals surface area contributed by atoms with Gasteiger partial charge in [0.1, 0.15) is 6.04 Å². The minimum absolute atomic E-state index is 0.00414. The largest absolute Gasteiger partial charge is 0.394 e. The number of para-hydroxylation sites is 1. The van der Waals surface area contributed by atoms with Crippen LogP contribution in [0.15, 0.2) is 55.6 Å². The van der Waals surface area contributed by atoms with Gasteiger partial charge in [0, 0.05) is 29.6 Å². The van der Waals surface area contributed by atoms with Crippen molar-refractivity contribution in [1.29, 1.82) is 0 Å². The Bertz CT molecular complexity index is 1220. The number of aliphatic hydroxyl groups excluding tert-OH is 1. The van der Waals surface area contributed by atoms with E-state index in [4.69, 9.17) is 0 Å². The zero-order chi connectivity index (χ0) is 30.9. The van der Waals surface area contributed by atoms with Gasteiger partial charge in [0.25, 0.3) is 0 Å². The van der Waals surface area contributed by atoms with E-state index in [0.717, 1.165) is 44.2 Å². The fourth-order valence-corrected chi connectivity index (χ4v) is 10.9. The molecule has 3 aliphatic heterocycles. The summed E-state index contributed by atoms with van der Waals surface area (Å²) in [5, 5.41) is 10.7. The Morgan fingerprint density at radius 3 is 2.37 bits per heavy atom. The Kier molecular flexibility index (Phi) is 9.48. The number of anilines is 1. The number of fused-ring (bicyclic) bond motifs is 1. The highest BCUT2D eigenvalue weighted by molar-refractivity contribution is 8.02. The van der Waals surface area contributed by atoms with Crippen LogP contribution in [0.2, 0.25) is 0 Å². The summed E-state index contributed by atoms with van der Waals surface area (Å²) < 4.78 is -1.20. The van der Waals surface area contributed by atoms with E-state index < -0.39 is 33.4 Å². The van der Waals surface area contributed by atoms with Crippen LogP contribution in [-0.4, -0.2) is 79.9 Å². The molecule has 7 atom stereocenters. The van der Waals surface area contributed by atoms with E-state index in [1.807, 2.05) is 42.2 Å². The van der Waals surface area contributed by atoms with Gasteiger partial charge < -0.3 is 19.8 Å². The van der Waals surface area contributed by atoms with E-state index in [2.05, 4.69) is 27.0 Å². The summed E-state index contributed by atoms with van der Waals surface area (Å²) in [5.41, 5.74) is 0.773. The minimum Gasteiger partial charge on any atom is -0.394 e. The van der Waals surface area contributed by atoms with Crippen LogP contribution in [0.25, 0.3) is 0 Å². The Morgan fingerprint density at radius 2 is 1.77 bits per heavy atom. The van der Waals surface area contributed by atoms with Crippen LogP contribution in [0.5, 0.6) is 0 Å². The molecule has 43 heavy (non-hydrogen) atoms. The first kappa shape index (κ1) is 31.8. The van der Waals surface area contributed by atoms with Gasteiger partial charge in [0.15, 0.2) is 0 Å². The van der Waals surface area contributed by atoms with Gasteiger partial charge in [-0.15, -0.1) is 24.9 Å². The summed E-state index contributed by atoms with van der Waals surface area (Å²) in [5.74, 6) is -1.51. The molecule has 1 saturated carbocycles. The van der Waals surface area contributed by atoms with Crippen LogP contribution in [0.4, 0.5) is 5.69 Å². The maximum atomic E-state index is 15.0. The molecule has 4 aliphatic rings. The van der Waals surface area contributed by atoms with E-state index in [0.29, 0.717) is 19.5 Å². The first-order valence-corrected chi connectivity index (χ1v) is 17.0. The zero-order valence-electron chi connectivity index (χ0n) is 26.1. The second-order valence-corrected chi connectivity index (χ2v) is 15.1. The second-order valence-electron chi connectivity index (χ2n) is 13.3. The molecule has 2 unspecified atom stereocenters. The van der Waals surface area contributed by atoms with E-state index >= 15 is 0 Å². The van der Waals surface area contributed by atoms with Crippen molar-refractivity contribution in [3.63, 3.8) is 0 Å². The third-order valence-corrected chi connectivity index (χ3v) is 12.8. The number of thioether (sulfide) groups is 1. The third-order valence-electron chi connectivity index (χ3n) is 10.8. The van der Waals surface area contributed by atoms with Crippen LogP contribution >= 0.6 is 11.8 Å². The number of rotatable bonds is 12. The van der Waals surface area contributed by atoms with Gasteiger partial charge in [0.2, 0.25) is 17.7 Å². The van der Waals surface area contributed by atoms with Gasteiger partial charge in [-0.2, -0.15) is 0 Å². The molecule has 5 rings (SSSR count). The van der Waals surface area contributed by atoms with E-state index in [1.165, 1.54) is 6.42 Å². The molecule has 1 spiro atoms. The standard InChI is InChI=1S/C35H49N3O4S/c1-6-21-36(25-15-11-9-12-16-25)31(40)28-29-32(41)38(27(23-39)24(4)8-3)30(35(29)20-19-34(28,5)43-35)33(42)37(22-7-2)26-17-13-10-14-18-26/h6-7,9,11-12,15-16,24,26-30,39H,1-2,8,10,13-14,17-23H2,3-5H3/t24-,27-,28+,29-,30?,34-,35?/m0/s1. The maximum absolute atomic E-state index is 15.0. The molecular weight excluding hydrogens is 558 g/mol. The molecule has 1 aromatic carbocycles. The van der Waals surface area contributed by atoms with Crippen molar-refractivity contribution in [1.82, 2.24) is 9.80 Å². The lowest BCUT2D eigenvalue weighted by Gasteiger charge is -2.43. The first-order chi connectivity index (χ1) is 20.7. The average molecular weight is 608 g/mol. The molecule has 0 radical (unpaired) electrons. The van der Waals surface area contributed by atoms with Crippen LogP contribution < -0.4 is 4.90 Å². The Labute approximate surface area is 261 Å². The van der Waals surface area contributed by atoms with Crippen molar-refractivity contribution in [2.45, 2.75) is 99.8 Å². The van der Waals surface area contributed by atoms with Crippen LogP contribution in [0.3, 0.4) is 0 Å². The number of aliphatic hydroxyl groups is 1. The highest BCUT2D eigenvalue weighted by atomic mass is 32.2. The van der Waals surface area contributed by atoms with E-state index in [-0.39, 0.29) is 36.3 Å². The van der Waals surface area contributed by atoms with Crippen LogP contribution in [0.1, 0.15) is 72.1 Å². The smallest absolute Gasteiger partial charge is 0.247 e. The molecule has 3 saturated heterocycles. The second kappa shape index (κ2) is 12.8. The lowest BCUT2D eigenvalue weighted by molar-refractivity contribution is -0.148. The number of carbonyl (C=O) groups excluding carboxylic acids is 3.